The fourth-order valence-electron chi connectivity index (χ4n) is 2.07. The van der Waals surface area contributed by atoms with Gasteiger partial charge in [-0.2, -0.15) is 0 Å². The van der Waals surface area contributed by atoms with Crippen LogP contribution in [0.15, 0.2) is 0 Å². The first kappa shape index (κ1) is 14.9. The predicted octanol–water partition coefficient (Wildman–Crippen LogP) is 1.69. The van der Waals surface area contributed by atoms with Crippen molar-refractivity contribution in [1.29, 1.82) is 0 Å². The van der Waals surface area contributed by atoms with Crippen LogP contribution in [0.3, 0.4) is 0 Å². The molecule has 0 spiro atoms. The van der Waals surface area contributed by atoms with E-state index in [9.17, 15) is 8.42 Å². The molecule has 6 heteroatoms. The van der Waals surface area contributed by atoms with E-state index in [2.05, 4.69) is 4.72 Å². The van der Waals surface area contributed by atoms with Gasteiger partial charge in [0.1, 0.15) is 0 Å². The fraction of sp³-hybridized carbons (Fsp3) is 0.909. The molecule has 0 aromatic rings. The van der Waals surface area contributed by atoms with Crippen molar-refractivity contribution in [1.82, 2.24) is 4.72 Å². The van der Waals surface area contributed by atoms with Crippen LogP contribution in [-0.4, -0.2) is 24.2 Å². The Morgan fingerprint density at radius 3 is 2.35 bits per heavy atom. The van der Waals surface area contributed by atoms with Gasteiger partial charge in [0.05, 0.1) is 15.8 Å². The van der Waals surface area contributed by atoms with Crippen LogP contribution in [0.1, 0.15) is 52.4 Å². The maximum Gasteiger partial charge on any atom is 0.215 e. The lowest BCUT2D eigenvalue weighted by Crippen LogP contribution is -2.56. The maximum atomic E-state index is 12.2. The summed E-state index contributed by atoms with van der Waals surface area (Å²) in [6, 6.07) is 0. The second-order valence-electron chi connectivity index (χ2n) is 4.96. The van der Waals surface area contributed by atoms with E-state index in [1.807, 2.05) is 6.92 Å². The monoisotopic (exact) mass is 278 g/mol. The Morgan fingerprint density at radius 1 is 1.41 bits per heavy atom. The number of hydrogen-bond acceptors (Lipinski definition) is 3. The first-order valence-electron chi connectivity index (χ1n) is 6.14. The summed E-state index contributed by atoms with van der Waals surface area (Å²) in [6.07, 6.45) is 5.16. The molecule has 1 rings (SSSR count). The molecule has 4 nitrogen and oxygen atoms in total. The molecule has 1 fully saturated rings. The topological polar surface area (TPSA) is 72.2 Å². The number of nitrogens with one attached hydrogen (secondary N) is 1. The smallest absolute Gasteiger partial charge is 0.215 e. The quantitative estimate of drug-likeness (QED) is 0.751. The van der Waals surface area contributed by atoms with Crippen LogP contribution in [0.2, 0.25) is 0 Å². The average Bonchev–Trinajstić information content (AvgIpc) is 2.29. The van der Waals surface area contributed by atoms with E-state index in [0.717, 1.165) is 32.1 Å². The summed E-state index contributed by atoms with van der Waals surface area (Å²) in [5.74, 6) is 0. The number of hydrogen-bond donors (Lipinski definition) is 2. The predicted molar refractivity (Wildman–Crippen MR) is 74.4 cm³/mol. The molecule has 100 valence electrons. The maximum absolute atomic E-state index is 12.2. The summed E-state index contributed by atoms with van der Waals surface area (Å²) in [5, 5.41) is -0.281. The molecule has 0 bridgehead atoms. The first-order valence-corrected chi connectivity index (χ1v) is 8.10. The number of rotatable bonds is 5. The minimum Gasteiger partial charge on any atom is -0.392 e. The van der Waals surface area contributed by atoms with Crippen LogP contribution in [0.5, 0.6) is 0 Å². The summed E-state index contributed by atoms with van der Waals surface area (Å²) in [4.78, 5) is 0.208. The molecule has 0 heterocycles. The average molecular weight is 278 g/mol. The van der Waals surface area contributed by atoms with Crippen LogP contribution in [-0.2, 0) is 10.0 Å². The van der Waals surface area contributed by atoms with Crippen molar-refractivity contribution < 1.29 is 8.42 Å². The molecule has 0 aliphatic heterocycles. The number of thiocarbonyl (C=S) groups is 1. The Labute approximate surface area is 109 Å². The largest absolute Gasteiger partial charge is 0.392 e. The van der Waals surface area contributed by atoms with Crippen LogP contribution < -0.4 is 10.5 Å². The van der Waals surface area contributed by atoms with Crippen LogP contribution in [0.25, 0.3) is 0 Å². The van der Waals surface area contributed by atoms with Crippen molar-refractivity contribution in [2.75, 3.05) is 0 Å². The Kier molecular flexibility index (Phi) is 4.92. The molecule has 1 aliphatic rings. The number of sulfonamides is 1. The van der Waals surface area contributed by atoms with Crippen molar-refractivity contribution in [2.45, 2.75) is 63.2 Å². The van der Waals surface area contributed by atoms with Gasteiger partial charge in [-0.1, -0.05) is 38.4 Å². The zero-order valence-corrected chi connectivity index (χ0v) is 12.2. The van der Waals surface area contributed by atoms with Crippen molar-refractivity contribution in [3.05, 3.63) is 0 Å². The highest BCUT2D eigenvalue weighted by molar-refractivity contribution is 7.90. The van der Waals surface area contributed by atoms with E-state index in [0.29, 0.717) is 6.42 Å². The summed E-state index contributed by atoms with van der Waals surface area (Å²) in [6.45, 7) is 3.62. The zero-order valence-electron chi connectivity index (χ0n) is 10.5. The van der Waals surface area contributed by atoms with Gasteiger partial charge in [0.25, 0.3) is 0 Å². The Hall–Kier alpha value is -0.200. The van der Waals surface area contributed by atoms with Gasteiger partial charge in [-0.25, -0.2) is 13.1 Å². The molecule has 0 aromatic carbocycles. The fourth-order valence-corrected chi connectivity index (χ4v) is 4.33. The van der Waals surface area contributed by atoms with E-state index < -0.39 is 15.6 Å². The highest BCUT2D eigenvalue weighted by Gasteiger charge is 2.35. The standard InChI is InChI=1S/C11H22N2O2S2/c1-3-11(2,10(12)16)13-17(14,15)9-7-5-4-6-8-9/h9,13H,3-8H2,1-2H3,(H2,12,16). The van der Waals surface area contributed by atoms with Crippen LogP contribution >= 0.6 is 12.2 Å². The van der Waals surface area contributed by atoms with Gasteiger partial charge in [-0.15, -0.1) is 0 Å². The van der Waals surface area contributed by atoms with Crippen molar-refractivity contribution in [2.24, 2.45) is 5.73 Å². The zero-order chi connectivity index (χ0) is 13.1. The third-order valence-electron chi connectivity index (χ3n) is 3.61. The SMILES string of the molecule is CCC(C)(NS(=O)(=O)C1CCCCC1)C(N)=S. The molecular formula is C11H22N2O2S2. The Balaban J connectivity index is 2.80. The van der Waals surface area contributed by atoms with Gasteiger partial charge in [0.2, 0.25) is 10.0 Å². The molecule has 1 saturated carbocycles. The van der Waals surface area contributed by atoms with Gasteiger partial charge in [0, 0.05) is 0 Å². The molecule has 1 atom stereocenters. The summed E-state index contributed by atoms with van der Waals surface area (Å²) < 4.78 is 27.2. The molecule has 0 aromatic heterocycles. The van der Waals surface area contributed by atoms with E-state index >= 15 is 0 Å². The molecule has 0 radical (unpaired) electrons. The molecule has 0 amide bonds. The van der Waals surface area contributed by atoms with E-state index in [1.165, 1.54) is 0 Å². The Bertz CT molecular complexity index is 375. The second kappa shape index (κ2) is 5.63. The summed E-state index contributed by atoms with van der Waals surface area (Å²) in [5.41, 5.74) is 4.82. The lowest BCUT2D eigenvalue weighted by molar-refractivity contribution is 0.458. The van der Waals surface area contributed by atoms with Gasteiger partial charge >= 0.3 is 0 Å². The van der Waals surface area contributed by atoms with Crippen LogP contribution in [0, 0.1) is 0 Å². The third kappa shape index (κ3) is 3.63. The normalized spacial score (nSPS) is 22.0. The highest BCUT2D eigenvalue weighted by Crippen LogP contribution is 2.25. The molecule has 3 N–H and O–H groups in total. The third-order valence-corrected chi connectivity index (χ3v) is 6.14. The summed E-state index contributed by atoms with van der Waals surface area (Å²) in [7, 11) is -3.32. The van der Waals surface area contributed by atoms with Crippen LogP contribution in [0.4, 0.5) is 0 Å². The molecule has 17 heavy (non-hydrogen) atoms. The number of nitrogens with two attached hydrogens (primary N) is 1. The van der Waals surface area contributed by atoms with E-state index in [1.54, 1.807) is 6.92 Å². The van der Waals surface area contributed by atoms with Crippen molar-refractivity contribution >= 4 is 27.2 Å². The van der Waals surface area contributed by atoms with Gasteiger partial charge in [-0.05, 0) is 26.2 Å². The molecule has 1 aliphatic carbocycles. The first-order chi connectivity index (χ1) is 7.82. The minimum atomic E-state index is -3.32. The highest BCUT2D eigenvalue weighted by atomic mass is 32.2. The molecular weight excluding hydrogens is 256 g/mol. The van der Waals surface area contributed by atoms with Crippen molar-refractivity contribution in [3.8, 4) is 0 Å². The molecule has 1 unspecified atom stereocenters. The van der Waals surface area contributed by atoms with Gasteiger partial charge in [-0.3, -0.25) is 0 Å². The Morgan fingerprint density at radius 2 is 1.94 bits per heavy atom. The van der Waals surface area contributed by atoms with Gasteiger partial charge in [0.15, 0.2) is 0 Å². The van der Waals surface area contributed by atoms with E-state index in [-0.39, 0.29) is 10.2 Å². The van der Waals surface area contributed by atoms with E-state index in [4.69, 9.17) is 18.0 Å². The van der Waals surface area contributed by atoms with Crippen molar-refractivity contribution in [3.63, 3.8) is 0 Å². The molecule has 0 saturated heterocycles. The lowest BCUT2D eigenvalue weighted by atomic mass is 10.0. The minimum absolute atomic E-state index is 0.208. The van der Waals surface area contributed by atoms with Gasteiger partial charge < -0.3 is 5.73 Å². The summed E-state index contributed by atoms with van der Waals surface area (Å²) >= 11 is 4.95. The second-order valence-corrected chi connectivity index (χ2v) is 7.36. The lowest BCUT2D eigenvalue weighted by Gasteiger charge is -2.31.